The number of halogens is 1. The van der Waals surface area contributed by atoms with Crippen LogP contribution in [-0.2, 0) is 19.1 Å². The lowest BCUT2D eigenvalue weighted by atomic mass is 10.2. The number of carbonyl (C=O) groups is 2. The number of amides is 2. The van der Waals surface area contributed by atoms with E-state index in [1.807, 2.05) is 6.92 Å². The van der Waals surface area contributed by atoms with Crippen molar-refractivity contribution in [3.8, 4) is 0 Å². The molecule has 0 aliphatic rings. The summed E-state index contributed by atoms with van der Waals surface area (Å²) >= 11 is 0. The molecule has 0 bridgehead atoms. The minimum atomic E-state index is -1.02. The van der Waals surface area contributed by atoms with Crippen molar-refractivity contribution in [2.75, 3.05) is 33.9 Å². The van der Waals surface area contributed by atoms with E-state index < -0.39 is 11.7 Å². The Morgan fingerprint density at radius 1 is 1.53 bits per heavy atom. The fourth-order valence-corrected chi connectivity index (χ4v) is 1.28. The normalized spacial score (nSPS) is 12.9. The zero-order valence-electron chi connectivity index (χ0n) is 11.5. The van der Waals surface area contributed by atoms with Crippen molar-refractivity contribution in [1.82, 2.24) is 10.2 Å². The molecule has 0 rings (SSSR count). The van der Waals surface area contributed by atoms with Crippen LogP contribution in [0.2, 0.25) is 0 Å². The predicted octanol–water partition coefficient (Wildman–Crippen LogP) is 0.443. The smallest absolute Gasteiger partial charge is 0.281 e. The first kappa shape index (κ1) is 17.5. The Morgan fingerprint density at radius 3 is 2.68 bits per heavy atom. The van der Waals surface area contributed by atoms with Crippen LogP contribution in [0.25, 0.3) is 0 Å². The van der Waals surface area contributed by atoms with Crippen molar-refractivity contribution in [1.29, 1.82) is 0 Å². The van der Waals surface area contributed by atoms with Gasteiger partial charge in [-0.15, -0.1) is 0 Å². The van der Waals surface area contributed by atoms with Gasteiger partial charge in [0.15, 0.2) is 0 Å². The largest absolute Gasteiger partial charge is 0.379 e. The maximum atomic E-state index is 13.2. The van der Waals surface area contributed by atoms with Gasteiger partial charge in [0, 0.05) is 33.5 Å². The molecule has 2 amide bonds. The van der Waals surface area contributed by atoms with Crippen molar-refractivity contribution in [3.63, 3.8) is 0 Å². The quantitative estimate of drug-likeness (QED) is 0.464. The molecule has 0 aromatic heterocycles. The van der Waals surface area contributed by atoms with E-state index in [2.05, 4.69) is 5.32 Å². The fourth-order valence-electron chi connectivity index (χ4n) is 1.28. The molecule has 1 unspecified atom stereocenters. The molecule has 7 heteroatoms. The Bertz CT molecular complexity index is 310. The topological polar surface area (TPSA) is 67.9 Å². The number of carbonyl (C=O) groups excluding carboxylic acids is 2. The summed E-state index contributed by atoms with van der Waals surface area (Å²) in [6.07, 6.45) is 1.61. The zero-order valence-corrected chi connectivity index (χ0v) is 11.5. The summed E-state index contributed by atoms with van der Waals surface area (Å²) in [4.78, 5) is 22.8. The average molecular weight is 276 g/mol. The number of hydrogen-bond acceptors (Lipinski definition) is 4. The van der Waals surface area contributed by atoms with Gasteiger partial charge in [0.05, 0.1) is 12.7 Å². The highest BCUT2D eigenvalue weighted by molar-refractivity contribution is 5.90. The van der Waals surface area contributed by atoms with Crippen molar-refractivity contribution in [2.24, 2.45) is 0 Å². The third kappa shape index (κ3) is 7.53. The van der Waals surface area contributed by atoms with E-state index in [1.54, 1.807) is 0 Å². The Kier molecular flexibility index (Phi) is 9.64. The average Bonchev–Trinajstić information content (AvgIpc) is 2.44. The Morgan fingerprint density at radius 2 is 2.21 bits per heavy atom. The molecule has 0 heterocycles. The molecule has 1 atom stereocenters. The van der Waals surface area contributed by atoms with E-state index in [9.17, 15) is 14.0 Å². The first-order valence-electron chi connectivity index (χ1n) is 6.00. The second-order valence-electron chi connectivity index (χ2n) is 3.71. The van der Waals surface area contributed by atoms with Crippen LogP contribution in [0.15, 0.2) is 12.0 Å². The standard InChI is InChI=1S/C12H21FN2O4/c1-4-19-8-10(18-3)5-6-15(9-16)7-11(13)12(17)14-2/h7,9-10H,4-6,8H2,1-3H3,(H,14,17)/b11-7+. The van der Waals surface area contributed by atoms with E-state index in [0.717, 1.165) is 11.1 Å². The number of likely N-dealkylation sites (N-methyl/N-ethyl adjacent to an activating group) is 1. The summed E-state index contributed by atoms with van der Waals surface area (Å²) in [6.45, 7) is 3.08. The van der Waals surface area contributed by atoms with Gasteiger partial charge in [-0.05, 0) is 13.3 Å². The first-order chi connectivity index (χ1) is 9.08. The molecule has 110 valence electrons. The Balaban J connectivity index is 4.32. The second-order valence-corrected chi connectivity index (χ2v) is 3.71. The molecular weight excluding hydrogens is 255 g/mol. The van der Waals surface area contributed by atoms with E-state index in [4.69, 9.17) is 9.47 Å². The van der Waals surface area contributed by atoms with Crippen LogP contribution >= 0.6 is 0 Å². The molecule has 0 fully saturated rings. The van der Waals surface area contributed by atoms with Gasteiger partial charge in [-0.25, -0.2) is 0 Å². The summed E-state index contributed by atoms with van der Waals surface area (Å²) < 4.78 is 23.6. The van der Waals surface area contributed by atoms with Gasteiger partial charge < -0.3 is 19.7 Å². The molecule has 0 aliphatic carbocycles. The van der Waals surface area contributed by atoms with Crippen LogP contribution in [0.5, 0.6) is 0 Å². The number of nitrogens with zero attached hydrogens (tertiary/aromatic N) is 1. The molecule has 0 saturated heterocycles. The lowest BCUT2D eigenvalue weighted by molar-refractivity contribution is -0.118. The third-order valence-electron chi connectivity index (χ3n) is 2.41. The van der Waals surface area contributed by atoms with Gasteiger partial charge in [0.2, 0.25) is 12.2 Å². The van der Waals surface area contributed by atoms with Crippen LogP contribution in [0.4, 0.5) is 4.39 Å². The summed E-state index contributed by atoms with van der Waals surface area (Å²) in [6, 6.07) is 0. The number of nitrogens with one attached hydrogen (secondary N) is 1. The second kappa shape index (κ2) is 10.5. The van der Waals surface area contributed by atoms with Crippen LogP contribution in [-0.4, -0.2) is 57.2 Å². The van der Waals surface area contributed by atoms with Crippen molar-refractivity contribution < 1.29 is 23.5 Å². The maximum absolute atomic E-state index is 13.2. The zero-order chi connectivity index (χ0) is 14.7. The lowest BCUT2D eigenvalue weighted by Crippen LogP contribution is -2.27. The highest BCUT2D eigenvalue weighted by atomic mass is 19.1. The molecule has 0 saturated carbocycles. The SMILES string of the molecule is CCOCC(CCN(C=O)/C=C(/F)C(=O)NC)OC. The molecule has 1 N–H and O–H groups in total. The first-order valence-corrected chi connectivity index (χ1v) is 6.00. The van der Waals surface area contributed by atoms with E-state index in [0.29, 0.717) is 26.0 Å². The van der Waals surface area contributed by atoms with Crippen LogP contribution in [0.1, 0.15) is 13.3 Å². The van der Waals surface area contributed by atoms with Crippen LogP contribution < -0.4 is 5.32 Å². The van der Waals surface area contributed by atoms with Gasteiger partial charge >= 0.3 is 0 Å². The summed E-state index contributed by atoms with van der Waals surface area (Å²) in [7, 11) is 2.85. The minimum Gasteiger partial charge on any atom is -0.379 e. The van der Waals surface area contributed by atoms with Gasteiger partial charge in [-0.1, -0.05) is 0 Å². The molecule has 19 heavy (non-hydrogen) atoms. The monoisotopic (exact) mass is 276 g/mol. The van der Waals surface area contributed by atoms with Gasteiger partial charge in [-0.2, -0.15) is 4.39 Å². The minimum absolute atomic E-state index is 0.182. The molecule has 0 aromatic rings. The van der Waals surface area contributed by atoms with Gasteiger partial charge in [0.1, 0.15) is 0 Å². The van der Waals surface area contributed by atoms with Crippen molar-refractivity contribution >= 4 is 12.3 Å². The maximum Gasteiger partial charge on any atom is 0.281 e. The van der Waals surface area contributed by atoms with Crippen molar-refractivity contribution in [3.05, 3.63) is 12.0 Å². The van der Waals surface area contributed by atoms with E-state index >= 15 is 0 Å². The molecule has 0 spiro atoms. The van der Waals surface area contributed by atoms with E-state index in [-0.39, 0.29) is 12.6 Å². The fraction of sp³-hybridized carbons (Fsp3) is 0.667. The van der Waals surface area contributed by atoms with Crippen LogP contribution in [0.3, 0.4) is 0 Å². The lowest BCUT2D eigenvalue weighted by Gasteiger charge is -2.18. The molecular formula is C12H21FN2O4. The van der Waals surface area contributed by atoms with Crippen molar-refractivity contribution in [2.45, 2.75) is 19.4 Å². The molecule has 6 nitrogen and oxygen atoms in total. The van der Waals surface area contributed by atoms with Gasteiger partial charge in [0.25, 0.3) is 5.91 Å². The molecule has 0 radical (unpaired) electrons. The van der Waals surface area contributed by atoms with Crippen LogP contribution in [0, 0.1) is 0 Å². The summed E-state index contributed by atoms with van der Waals surface area (Å²) in [5.74, 6) is -1.89. The number of rotatable bonds is 10. The van der Waals surface area contributed by atoms with E-state index in [1.165, 1.54) is 14.2 Å². The predicted molar refractivity (Wildman–Crippen MR) is 67.9 cm³/mol. The number of hydrogen-bond donors (Lipinski definition) is 1. The highest BCUT2D eigenvalue weighted by Crippen LogP contribution is 2.04. The number of methoxy groups -OCH3 is 1. The summed E-state index contributed by atoms with van der Waals surface area (Å²) in [5, 5.41) is 2.13. The van der Waals surface area contributed by atoms with Gasteiger partial charge in [-0.3, -0.25) is 9.59 Å². The molecule has 0 aromatic carbocycles. The highest BCUT2D eigenvalue weighted by Gasteiger charge is 2.12. The Labute approximate surface area is 112 Å². The number of ether oxygens (including phenoxy) is 2. The third-order valence-corrected chi connectivity index (χ3v) is 2.41. The summed E-state index contributed by atoms with van der Waals surface area (Å²) in [5.41, 5.74) is 0. The molecule has 0 aliphatic heterocycles. The Hall–Kier alpha value is -1.47.